The van der Waals surface area contributed by atoms with Crippen molar-refractivity contribution < 1.29 is 0 Å². The molecule has 1 aliphatic heterocycles. The van der Waals surface area contributed by atoms with E-state index in [-0.39, 0.29) is 5.95 Å². The smallest absolute Gasteiger partial charge is 0.221 e. The molecule has 150 valence electrons. The molecule has 1 fully saturated rings. The molecule has 1 saturated heterocycles. The Bertz CT molecular complexity index is 971. The summed E-state index contributed by atoms with van der Waals surface area (Å²) < 4.78 is 0. The van der Waals surface area contributed by atoms with Crippen molar-refractivity contribution in [3.05, 3.63) is 59.8 Å². The quantitative estimate of drug-likeness (QED) is 0.517. The lowest BCUT2D eigenvalue weighted by Gasteiger charge is -2.15. The average Bonchev–Trinajstić information content (AvgIpc) is 3.25. The monoisotopic (exact) mass is 408 g/mol. The summed E-state index contributed by atoms with van der Waals surface area (Å²) >= 11 is 6.16. The Hall–Kier alpha value is -2.67. The van der Waals surface area contributed by atoms with E-state index in [1.807, 2.05) is 24.3 Å². The summed E-state index contributed by atoms with van der Waals surface area (Å²) in [7, 11) is 0. The predicted octanol–water partition coefficient (Wildman–Crippen LogP) is 3.71. The summed E-state index contributed by atoms with van der Waals surface area (Å²) in [6.07, 6.45) is 2.82. The molecule has 0 aliphatic carbocycles. The molecule has 0 saturated carbocycles. The van der Waals surface area contributed by atoms with E-state index < -0.39 is 0 Å². The SMILES string of the molecule is Nc1ncc(-c2cccc(-c3cccc(Cl)c3)c2)c(NCCCN2CCNC2)n1. The first kappa shape index (κ1) is 19.6. The van der Waals surface area contributed by atoms with Crippen molar-refractivity contribution >= 4 is 23.4 Å². The number of nitrogens with one attached hydrogen (secondary N) is 2. The van der Waals surface area contributed by atoms with Crippen LogP contribution in [-0.2, 0) is 0 Å². The van der Waals surface area contributed by atoms with Crippen molar-refractivity contribution in [2.45, 2.75) is 6.42 Å². The molecular weight excluding hydrogens is 384 g/mol. The third kappa shape index (κ3) is 5.03. The molecule has 1 aliphatic rings. The zero-order valence-electron chi connectivity index (χ0n) is 16.2. The minimum Gasteiger partial charge on any atom is -0.369 e. The van der Waals surface area contributed by atoms with Crippen molar-refractivity contribution in [3.8, 4) is 22.3 Å². The van der Waals surface area contributed by atoms with E-state index in [9.17, 15) is 0 Å². The van der Waals surface area contributed by atoms with Crippen molar-refractivity contribution in [1.82, 2.24) is 20.2 Å². The van der Waals surface area contributed by atoms with Gasteiger partial charge in [0.25, 0.3) is 0 Å². The molecule has 2 aromatic carbocycles. The largest absolute Gasteiger partial charge is 0.369 e. The van der Waals surface area contributed by atoms with Gasteiger partial charge in [-0.15, -0.1) is 0 Å². The van der Waals surface area contributed by atoms with Crippen LogP contribution in [-0.4, -0.2) is 47.7 Å². The van der Waals surface area contributed by atoms with E-state index in [4.69, 9.17) is 17.3 Å². The number of rotatable bonds is 7. The van der Waals surface area contributed by atoms with Crippen LogP contribution in [0.2, 0.25) is 5.02 Å². The second-order valence-corrected chi connectivity index (χ2v) is 7.57. The highest BCUT2D eigenvalue weighted by Gasteiger charge is 2.12. The van der Waals surface area contributed by atoms with Crippen molar-refractivity contribution in [3.63, 3.8) is 0 Å². The van der Waals surface area contributed by atoms with Crippen molar-refractivity contribution in [2.75, 3.05) is 43.9 Å². The second-order valence-electron chi connectivity index (χ2n) is 7.14. The lowest BCUT2D eigenvalue weighted by Crippen LogP contribution is -2.24. The molecule has 29 heavy (non-hydrogen) atoms. The van der Waals surface area contributed by atoms with Crippen LogP contribution in [0.25, 0.3) is 22.3 Å². The fourth-order valence-electron chi connectivity index (χ4n) is 3.53. The van der Waals surface area contributed by atoms with Crippen LogP contribution < -0.4 is 16.4 Å². The van der Waals surface area contributed by atoms with Crippen LogP contribution in [0.15, 0.2) is 54.7 Å². The molecule has 0 radical (unpaired) electrons. The van der Waals surface area contributed by atoms with Gasteiger partial charge in [0.2, 0.25) is 5.95 Å². The fraction of sp³-hybridized carbons (Fsp3) is 0.273. The maximum Gasteiger partial charge on any atom is 0.221 e. The molecule has 0 bridgehead atoms. The van der Waals surface area contributed by atoms with Crippen LogP contribution in [0.1, 0.15) is 6.42 Å². The minimum atomic E-state index is 0.269. The molecule has 1 aromatic heterocycles. The standard InChI is InChI=1S/C22H25ClN6/c23-19-7-2-5-17(13-19)16-4-1-6-18(12-16)20-14-27-22(24)28-21(20)26-8-3-10-29-11-9-25-15-29/h1-2,4-7,12-14,25H,3,8-11,15H2,(H3,24,26,27,28). The van der Waals surface area contributed by atoms with Crippen molar-refractivity contribution in [2.24, 2.45) is 0 Å². The van der Waals surface area contributed by atoms with E-state index in [2.05, 4.69) is 49.8 Å². The predicted molar refractivity (Wildman–Crippen MR) is 120 cm³/mol. The number of halogens is 1. The number of nitrogen functional groups attached to an aromatic ring is 1. The Labute approximate surface area is 176 Å². The Morgan fingerprint density at radius 1 is 1.10 bits per heavy atom. The Morgan fingerprint density at radius 3 is 2.69 bits per heavy atom. The Balaban J connectivity index is 1.52. The summed E-state index contributed by atoms with van der Waals surface area (Å²) in [4.78, 5) is 11.1. The van der Waals surface area contributed by atoms with Gasteiger partial charge in [-0.3, -0.25) is 4.90 Å². The maximum absolute atomic E-state index is 6.16. The van der Waals surface area contributed by atoms with Gasteiger partial charge in [0.1, 0.15) is 5.82 Å². The minimum absolute atomic E-state index is 0.269. The molecule has 0 spiro atoms. The number of hydrogen-bond acceptors (Lipinski definition) is 6. The molecule has 0 unspecified atom stereocenters. The van der Waals surface area contributed by atoms with Crippen molar-refractivity contribution in [1.29, 1.82) is 0 Å². The number of nitrogens with two attached hydrogens (primary N) is 1. The maximum atomic E-state index is 6.16. The van der Waals surface area contributed by atoms with Crippen LogP contribution in [0, 0.1) is 0 Å². The van der Waals surface area contributed by atoms with E-state index >= 15 is 0 Å². The highest BCUT2D eigenvalue weighted by atomic mass is 35.5. The number of aromatic nitrogens is 2. The molecule has 2 heterocycles. The fourth-order valence-corrected chi connectivity index (χ4v) is 3.72. The van der Waals surface area contributed by atoms with Gasteiger partial charge in [-0.25, -0.2) is 4.98 Å². The first-order valence-electron chi connectivity index (χ1n) is 9.85. The lowest BCUT2D eigenvalue weighted by molar-refractivity contribution is 0.333. The van der Waals surface area contributed by atoms with E-state index in [0.29, 0.717) is 0 Å². The first-order chi connectivity index (χ1) is 14.2. The van der Waals surface area contributed by atoms with Gasteiger partial charge in [-0.2, -0.15) is 4.98 Å². The Kier molecular flexibility index (Phi) is 6.24. The number of anilines is 2. The van der Waals surface area contributed by atoms with Crippen LogP contribution in [0.5, 0.6) is 0 Å². The number of hydrogen-bond donors (Lipinski definition) is 3. The van der Waals surface area contributed by atoms with Gasteiger partial charge in [0.15, 0.2) is 0 Å². The topological polar surface area (TPSA) is 79.1 Å². The van der Waals surface area contributed by atoms with Gasteiger partial charge < -0.3 is 16.4 Å². The lowest BCUT2D eigenvalue weighted by atomic mass is 10.00. The molecule has 7 heteroatoms. The molecule has 3 aromatic rings. The third-order valence-electron chi connectivity index (χ3n) is 5.02. The van der Waals surface area contributed by atoms with Gasteiger partial charge >= 0.3 is 0 Å². The van der Waals surface area contributed by atoms with Gasteiger partial charge in [-0.1, -0.05) is 41.9 Å². The normalized spacial score (nSPS) is 14.2. The van der Waals surface area contributed by atoms with Crippen LogP contribution in [0.4, 0.5) is 11.8 Å². The molecule has 0 atom stereocenters. The number of benzene rings is 2. The van der Waals surface area contributed by atoms with E-state index in [1.54, 1.807) is 6.20 Å². The van der Waals surface area contributed by atoms with E-state index in [0.717, 1.165) is 72.4 Å². The summed E-state index contributed by atoms with van der Waals surface area (Å²) in [5, 5.41) is 7.52. The summed E-state index contributed by atoms with van der Waals surface area (Å²) in [5.41, 5.74) is 9.99. The summed E-state index contributed by atoms with van der Waals surface area (Å²) in [6.45, 7) is 5.04. The number of nitrogens with zero attached hydrogens (tertiary/aromatic N) is 3. The molecular formula is C22H25ClN6. The zero-order chi connectivity index (χ0) is 20.1. The molecule has 4 N–H and O–H groups in total. The van der Waals surface area contributed by atoms with Gasteiger partial charge in [0, 0.05) is 49.6 Å². The summed E-state index contributed by atoms with van der Waals surface area (Å²) in [5.74, 6) is 1.03. The highest BCUT2D eigenvalue weighted by Crippen LogP contribution is 2.31. The third-order valence-corrected chi connectivity index (χ3v) is 5.26. The molecule has 4 rings (SSSR count). The Morgan fingerprint density at radius 2 is 1.90 bits per heavy atom. The highest BCUT2D eigenvalue weighted by molar-refractivity contribution is 6.30. The van der Waals surface area contributed by atoms with Crippen LogP contribution >= 0.6 is 11.6 Å². The van der Waals surface area contributed by atoms with Gasteiger partial charge in [-0.05, 0) is 41.3 Å². The molecule has 6 nitrogen and oxygen atoms in total. The first-order valence-corrected chi connectivity index (χ1v) is 10.2. The molecule has 0 amide bonds. The second kappa shape index (κ2) is 9.22. The zero-order valence-corrected chi connectivity index (χ0v) is 17.0. The average molecular weight is 409 g/mol. The van der Waals surface area contributed by atoms with Crippen LogP contribution in [0.3, 0.4) is 0 Å². The summed E-state index contributed by atoms with van der Waals surface area (Å²) in [6, 6.07) is 16.1. The van der Waals surface area contributed by atoms with Gasteiger partial charge in [0.05, 0.1) is 0 Å². The van der Waals surface area contributed by atoms with E-state index in [1.165, 1.54) is 0 Å².